The zero-order chi connectivity index (χ0) is 23.1. The zero-order valence-electron chi connectivity index (χ0n) is 19.6. The standard InChI is InChI=1S/C26H31ClN4OS/c1-16(2)23-28-24(21-19-10-9-17(3)15-20(19)33-25(21)29-23)30-11-13-31(14-12-30)26(32)22(27)18-7-5-4-6-8-18/h4-8,16-17,22H,9-15H2,1-3H3. The smallest absolute Gasteiger partial charge is 0.245 e. The van der Waals surface area contributed by atoms with Crippen molar-refractivity contribution in [2.24, 2.45) is 5.92 Å². The van der Waals surface area contributed by atoms with E-state index >= 15 is 0 Å². The predicted molar refractivity (Wildman–Crippen MR) is 137 cm³/mol. The number of carbonyl (C=O) groups excluding carboxylic acids is 1. The van der Waals surface area contributed by atoms with Gasteiger partial charge in [0.25, 0.3) is 0 Å². The molecule has 3 heterocycles. The molecule has 7 heteroatoms. The SMILES string of the molecule is CC1CCc2c(sc3nc(C(C)C)nc(N4CCN(C(=O)C(Cl)c5ccccc5)CC4)c23)C1. The third-order valence-electron chi connectivity index (χ3n) is 6.87. The molecule has 174 valence electrons. The molecule has 0 N–H and O–H groups in total. The van der Waals surface area contributed by atoms with Crippen molar-refractivity contribution in [3.05, 3.63) is 52.2 Å². The first-order valence-corrected chi connectivity index (χ1v) is 13.2. The summed E-state index contributed by atoms with van der Waals surface area (Å²) in [7, 11) is 0. The summed E-state index contributed by atoms with van der Waals surface area (Å²) >= 11 is 8.39. The molecule has 33 heavy (non-hydrogen) atoms. The molecule has 1 saturated heterocycles. The fraction of sp³-hybridized carbons (Fsp3) is 0.500. The minimum absolute atomic E-state index is 0.0138. The fourth-order valence-electron chi connectivity index (χ4n) is 4.89. The molecule has 2 unspecified atom stereocenters. The monoisotopic (exact) mass is 482 g/mol. The molecule has 0 bridgehead atoms. The topological polar surface area (TPSA) is 49.3 Å². The molecule has 0 spiro atoms. The van der Waals surface area contributed by atoms with Gasteiger partial charge in [0.15, 0.2) is 0 Å². The average Bonchev–Trinajstić information content (AvgIpc) is 3.20. The Balaban J connectivity index is 1.40. The number of hydrogen-bond acceptors (Lipinski definition) is 5. The number of aromatic nitrogens is 2. The minimum atomic E-state index is -0.637. The number of halogens is 1. The Morgan fingerprint density at radius 3 is 2.55 bits per heavy atom. The number of aryl methyl sites for hydroxylation is 1. The highest BCUT2D eigenvalue weighted by molar-refractivity contribution is 7.19. The van der Waals surface area contributed by atoms with Crippen molar-refractivity contribution in [1.82, 2.24) is 14.9 Å². The molecular weight excluding hydrogens is 452 g/mol. The van der Waals surface area contributed by atoms with Gasteiger partial charge in [-0.2, -0.15) is 0 Å². The van der Waals surface area contributed by atoms with E-state index in [4.69, 9.17) is 21.6 Å². The lowest BCUT2D eigenvalue weighted by Gasteiger charge is -2.37. The van der Waals surface area contributed by atoms with Crippen molar-refractivity contribution < 1.29 is 4.79 Å². The van der Waals surface area contributed by atoms with Crippen molar-refractivity contribution in [1.29, 1.82) is 0 Å². The number of nitrogens with zero attached hydrogens (tertiary/aromatic N) is 4. The van der Waals surface area contributed by atoms with E-state index in [1.807, 2.05) is 46.6 Å². The first-order chi connectivity index (χ1) is 15.9. The minimum Gasteiger partial charge on any atom is -0.352 e. The molecule has 0 radical (unpaired) electrons. The summed E-state index contributed by atoms with van der Waals surface area (Å²) < 4.78 is 0. The van der Waals surface area contributed by atoms with E-state index in [2.05, 4.69) is 25.7 Å². The second-order valence-electron chi connectivity index (χ2n) is 9.68. The van der Waals surface area contributed by atoms with Crippen molar-refractivity contribution in [3.63, 3.8) is 0 Å². The first kappa shape index (κ1) is 22.6. The molecule has 1 fully saturated rings. The van der Waals surface area contributed by atoms with Crippen LogP contribution in [0.2, 0.25) is 0 Å². The average molecular weight is 483 g/mol. The molecule has 2 atom stereocenters. The quantitative estimate of drug-likeness (QED) is 0.456. The Bertz CT molecular complexity index is 1150. The van der Waals surface area contributed by atoms with E-state index in [9.17, 15) is 4.79 Å². The summed E-state index contributed by atoms with van der Waals surface area (Å²) in [5.74, 6) is 2.96. The van der Waals surface area contributed by atoms with Gasteiger partial charge in [0.2, 0.25) is 5.91 Å². The molecule has 1 aliphatic carbocycles. The van der Waals surface area contributed by atoms with Gasteiger partial charge in [-0.1, -0.05) is 51.1 Å². The molecule has 0 saturated carbocycles. The van der Waals surface area contributed by atoms with Gasteiger partial charge in [-0.15, -0.1) is 22.9 Å². The van der Waals surface area contributed by atoms with E-state index in [0.717, 1.165) is 53.9 Å². The third kappa shape index (κ3) is 4.35. The van der Waals surface area contributed by atoms with Gasteiger partial charge in [0.1, 0.15) is 21.8 Å². The zero-order valence-corrected chi connectivity index (χ0v) is 21.1. The lowest BCUT2D eigenvalue weighted by Crippen LogP contribution is -2.50. The number of anilines is 1. The number of alkyl halides is 1. The van der Waals surface area contributed by atoms with Gasteiger partial charge in [-0.25, -0.2) is 9.97 Å². The molecule has 1 aliphatic heterocycles. The molecular formula is C26H31ClN4OS. The number of piperazine rings is 1. The van der Waals surface area contributed by atoms with Crippen LogP contribution in [-0.4, -0.2) is 47.0 Å². The van der Waals surface area contributed by atoms with Gasteiger partial charge in [0.05, 0.1) is 5.39 Å². The number of amides is 1. The van der Waals surface area contributed by atoms with Crippen molar-refractivity contribution >= 4 is 44.9 Å². The summed E-state index contributed by atoms with van der Waals surface area (Å²) in [5.41, 5.74) is 2.31. The Morgan fingerprint density at radius 1 is 1.12 bits per heavy atom. The van der Waals surface area contributed by atoms with Crippen LogP contribution in [-0.2, 0) is 17.6 Å². The Labute approximate surface area is 204 Å². The van der Waals surface area contributed by atoms with Crippen LogP contribution in [0, 0.1) is 5.92 Å². The van der Waals surface area contributed by atoms with E-state index in [0.29, 0.717) is 13.1 Å². The maximum atomic E-state index is 13.0. The van der Waals surface area contributed by atoms with Gasteiger partial charge >= 0.3 is 0 Å². The van der Waals surface area contributed by atoms with Crippen LogP contribution in [0.5, 0.6) is 0 Å². The normalized spacial score (nSPS) is 19.7. The lowest BCUT2D eigenvalue weighted by atomic mass is 9.89. The summed E-state index contributed by atoms with van der Waals surface area (Å²) in [6.07, 6.45) is 3.48. The Kier molecular flexibility index (Phi) is 6.32. The Hall–Kier alpha value is -2.18. The van der Waals surface area contributed by atoms with Gasteiger partial charge < -0.3 is 9.80 Å². The van der Waals surface area contributed by atoms with Gasteiger partial charge in [-0.05, 0) is 36.3 Å². The fourth-order valence-corrected chi connectivity index (χ4v) is 6.56. The highest BCUT2D eigenvalue weighted by Gasteiger charge is 2.31. The number of hydrogen-bond donors (Lipinski definition) is 0. The van der Waals surface area contributed by atoms with Crippen LogP contribution < -0.4 is 4.90 Å². The van der Waals surface area contributed by atoms with Crippen LogP contribution >= 0.6 is 22.9 Å². The second-order valence-corrected chi connectivity index (χ2v) is 11.2. The van der Waals surface area contributed by atoms with E-state index in [1.54, 1.807) is 0 Å². The summed E-state index contributed by atoms with van der Waals surface area (Å²) in [5, 5.41) is 0.618. The lowest BCUT2D eigenvalue weighted by molar-refractivity contribution is -0.131. The molecule has 1 amide bonds. The van der Waals surface area contributed by atoms with Crippen molar-refractivity contribution in [2.75, 3.05) is 31.1 Å². The molecule has 1 aromatic carbocycles. The summed E-state index contributed by atoms with van der Waals surface area (Å²) in [6.45, 7) is 9.48. The van der Waals surface area contributed by atoms with Gasteiger partial charge in [0, 0.05) is 37.0 Å². The maximum Gasteiger partial charge on any atom is 0.245 e. The largest absolute Gasteiger partial charge is 0.352 e. The molecule has 3 aromatic rings. The third-order valence-corrected chi connectivity index (χ3v) is 8.46. The highest BCUT2D eigenvalue weighted by atomic mass is 35.5. The molecule has 2 aliphatic rings. The molecule has 2 aromatic heterocycles. The van der Waals surface area contributed by atoms with Crippen molar-refractivity contribution in [3.8, 4) is 0 Å². The van der Waals surface area contributed by atoms with Crippen LogP contribution in [0.4, 0.5) is 5.82 Å². The van der Waals surface area contributed by atoms with Gasteiger partial charge in [-0.3, -0.25) is 4.79 Å². The van der Waals surface area contributed by atoms with Crippen LogP contribution in [0.1, 0.15) is 60.3 Å². The number of benzene rings is 1. The maximum absolute atomic E-state index is 13.0. The summed E-state index contributed by atoms with van der Waals surface area (Å²) in [4.78, 5) is 29.9. The number of fused-ring (bicyclic) bond motifs is 3. The highest BCUT2D eigenvalue weighted by Crippen LogP contribution is 2.41. The number of rotatable bonds is 4. The van der Waals surface area contributed by atoms with Crippen LogP contribution in [0.25, 0.3) is 10.2 Å². The number of thiophene rings is 1. The van der Waals surface area contributed by atoms with Crippen molar-refractivity contribution in [2.45, 2.75) is 51.3 Å². The molecule has 5 rings (SSSR count). The van der Waals surface area contributed by atoms with E-state index in [-0.39, 0.29) is 11.8 Å². The number of carbonyl (C=O) groups is 1. The second kappa shape index (κ2) is 9.22. The molecule has 5 nitrogen and oxygen atoms in total. The summed E-state index contributed by atoms with van der Waals surface area (Å²) in [6, 6.07) is 9.61. The van der Waals surface area contributed by atoms with E-state index in [1.165, 1.54) is 22.2 Å². The predicted octanol–water partition coefficient (Wildman–Crippen LogP) is 5.57. The first-order valence-electron chi connectivity index (χ1n) is 12.0. The van der Waals surface area contributed by atoms with Crippen LogP contribution in [0.3, 0.4) is 0 Å². The van der Waals surface area contributed by atoms with Crippen LogP contribution in [0.15, 0.2) is 30.3 Å². The Morgan fingerprint density at radius 2 is 1.85 bits per heavy atom. The van der Waals surface area contributed by atoms with E-state index < -0.39 is 5.38 Å².